The SMILES string of the molecule is Cn1ncc2c(NC3CCOCC3)c(C3=CC4(CCC4)ON3)cnc21. The quantitative estimate of drug-likeness (QED) is 0.893. The van der Waals surface area contributed by atoms with Gasteiger partial charge in [-0.2, -0.15) is 5.10 Å². The molecule has 1 spiro atoms. The number of anilines is 1. The van der Waals surface area contributed by atoms with Gasteiger partial charge in [-0.3, -0.25) is 15.0 Å². The number of hydroxylamine groups is 1. The first-order chi connectivity index (χ1) is 12.2. The predicted octanol–water partition coefficient (Wildman–Crippen LogP) is 2.36. The second-order valence-corrected chi connectivity index (χ2v) is 7.26. The summed E-state index contributed by atoms with van der Waals surface area (Å²) in [5, 5.41) is 9.17. The van der Waals surface area contributed by atoms with E-state index in [2.05, 4.69) is 27.0 Å². The predicted molar refractivity (Wildman–Crippen MR) is 94.8 cm³/mol. The topological polar surface area (TPSA) is 73.2 Å². The van der Waals surface area contributed by atoms with E-state index in [9.17, 15) is 0 Å². The van der Waals surface area contributed by atoms with Crippen molar-refractivity contribution in [2.45, 2.75) is 43.7 Å². The number of aryl methyl sites for hydroxylation is 1. The first-order valence-corrected chi connectivity index (χ1v) is 9.06. The lowest BCUT2D eigenvalue weighted by atomic mass is 9.80. The maximum absolute atomic E-state index is 5.87. The van der Waals surface area contributed by atoms with Crippen LogP contribution in [0.15, 0.2) is 18.5 Å². The van der Waals surface area contributed by atoms with Crippen molar-refractivity contribution in [2.75, 3.05) is 18.5 Å². The molecule has 0 aromatic carbocycles. The first kappa shape index (κ1) is 15.2. The van der Waals surface area contributed by atoms with Crippen molar-refractivity contribution in [3.63, 3.8) is 0 Å². The number of nitrogens with zero attached hydrogens (tertiary/aromatic N) is 3. The van der Waals surface area contributed by atoms with Gasteiger partial charge in [0.1, 0.15) is 5.60 Å². The molecule has 132 valence electrons. The van der Waals surface area contributed by atoms with E-state index in [1.54, 1.807) is 0 Å². The molecule has 3 aliphatic rings. The van der Waals surface area contributed by atoms with Crippen LogP contribution in [0.3, 0.4) is 0 Å². The standard InChI is InChI=1S/C18H23N5O2/c1-23-17-14(11-20-23)16(21-12-3-7-24-8-4-12)13(10-19-17)15-9-18(25-22-15)5-2-6-18/h9-12,22H,2-8H2,1H3,(H,19,21). The van der Waals surface area contributed by atoms with Gasteiger partial charge in [-0.05, 0) is 38.2 Å². The van der Waals surface area contributed by atoms with Crippen molar-refractivity contribution < 1.29 is 9.57 Å². The lowest BCUT2D eigenvalue weighted by Gasteiger charge is -2.33. The van der Waals surface area contributed by atoms with Gasteiger partial charge in [-0.15, -0.1) is 0 Å². The molecule has 1 saturated heterocycles. The Balaban J connectivity index is 1.57. The molecule has 0 amide bonds. The lowest BCUT2D eigenvalue weighted by Crippen LogP contribution is -2.36. The second-order valence-electron chi connectivity index (χ2n) is 7.26. The minimum absolute atomic E-state index is 0.116. The molecule has 1 saturated carbocycles. The number of nitrogens with one attached hydrogen (secondary N) is 2. The van der Waals surface area contributed by atoms with Crippen molar-refractivity contribution >= 4 is 22.4 Å². The number of fused-ring (bicyclic) bond motifs is 1. The highest BCUT2D eigenvalue weighted by atomic mass is 16.7. The smallest absolute Gasteiger partial charge is 0.159 e. The Morgan fingerprint density at radius 2 is 2.12 bits per heavy atom. The number of ether oxygens (including phenoxy) is 1. The molecular formula is C18H23N5O2. The van der Waals surface area contributed by atoms with Crippen molar-refractivity contribution in [3.05, 3.63) is 24.0 Å². The number of rotatable bonds is 3. The molecule has 2 aromatic rings. The monoisotopic (exact) mass is 341 g/mol. The third-order valence-corrected chi connectivity index (χ3v) is 5.59. The molecule has 2 aliphatic heterocycles. The molecule has 0 bridgehead atoms. The van der Waals surface area contributed by atoms with E-state index < -0.39 is 0 Å². The third kappa shape index (κ3) is 2.49. The van der Waals surface area contributed by atoms with Gasteiger partial charge in [-0.25, -0.2) is 4.98 Å². The highest BCUT2D eigenvalue weighted by molar-refractivity contribution is 5.95. The first-order valence-electron chi connectivity index (χ1n) is 9.06. The van der Waals surface area contributed by atoms with Gasteiger partial charge >= 0.3 is 0 Å². The fourth-order valence-corrected chi connectivity index (χ4v) is 3.88. The highest BCUT2D eigenvalue weighted by Crippen LogP contribution is 2.43. The summed E-state index contributed by atoms with van der Waals surface area (Å²) in [7, 11) is 1.92. The third-order valence-electron chi connectivity index (χ3n) is 5.59. The van der Waals surface area contributed by atoms with Gasteiger partial charge in [0.25, 0.3) is 0 Å². The van der Waals surface area contributed by atoms with Gasteiger partial charge in [0.15, 0.2) is 5.65 Å². The molecule has 2 N–H and O–H groups in total. The molecule has 0 radical (unpaired) electrons. The fourth-order valence-electron chi connectivity index (χ4n) is 3.88. The zero-order chi connectivity index (χ0) is 16.9. The van der Waals surface area contributed by atoms with E-state index in [1.165, 1.54) is 6.42 Å². The Morgan fingerprint density at radius 3 is 2.84 bits per heavy atom. The molecule has 2 fully saturated rings. The zero-order valence-corrected chi connectivity index (χ0v) is 14.4. The number of hydrogen-bond donors (Lipinski definition) is 2. The molecule has 25 heavy (non-hydrogen) atoms. The Kier molecular flexibility index (Phi) is 3.46. The van der Waals surface area contributed by atoms with E-state index >= 15 is 0 Å². The molecule has 1 aliphatic carbocycles. The van der Waals surface area contributed by atoms with Crippen LogP contribution in [0.2, 0.25) is 0 Å². The summed E-state index contributed by atoms with van der Waals surface area (Å²) in [6.45, 7) is 1.61. The summed E-state index contributed by atoms with van der Waals surface area (Å²) < 4.78 is 7.31. The maximum Gasteiger partial charge on any atom is 0.159 e. The highest BCUT2D eigenvalue weighted by Gasteiger charge is 2.41. The lowest BCUT2D eigenvalue weighted by molar-refractivity contribution is -0.0821. The van der Waals surface area contributed by atoms with Crippen LogP contribution in [-0.2, 0) is 16.6 Å². The summed E-state index contributed by atoms with van der Waals surface area (Å²) in [5.41, 5.74) is 7.06. The van der Waals surface area contributed by atoms with Gasteiger partial charge in [0, 0.05) is 38.1 Å². The van der Waals surface area contributed by atoms with E-state index in [4.69, 9.17) is 9.57 Å². The van der Waals surface area contributed by atoms with Crippen LogP contribution in [0.4, 0.5) is 5.69 Å². The van der Waals surface area contributed by atoms with Gasteiger partial charge < -0.3 is 10.1 Å². The molecule has 7 heteroatoms. The number of pyridine rings is 1. The minimum atomic E-state index is -0.116. The summed E-state index contributed by atoms with van der Waals surface area (Å²) >= 11 is 0. The Hall–Kier alpha value is -2.12. The van der Waals surface area contributed by atoms with Crippen molar-refractivity contribution in [1.82, 2.24) is 20.2 Å². The summed E-state index contributed by atoms with van der Waals surface area (Å²) in [5.74, 6) is 0. The second kappa shape index (κ2) is 5.71. The number of aromatic nitrogens is 3. The zero-order valence-electron chi connectivity index (χ0n) is 14.4. The van der Waals surface area contributed by atoms with Crippen molar-refractivity contribution in [2.24, 2.45) is 7.05 Å². The Morgan fingerprint density at radius 1 is 1.28 bits per heavy atom. The van der Waals surface area contributed by atoms with E-state index in [1.807, 2.05) is 24.1 Å². The largest absolute Gasteiger partial charge is 0.381 e. The maximum atomic E-state index is 5.87. The van der Waals surface area contributed by atoms with Crippen LogP contribution in [0.5, 0.6) is 0 Å². The van der Waals surface area contributed by atoms with Crippen LogP contribution < -0.4 is 10.8 Å². The van der Waals surface area contributed by atoms with Crippen molar-refractivity contribution in [3.8, 4) is 0 Å². The van der Waals surface area contributed by atoms with Crippen LogP contribution >= 0.6 is 0 Å². The molecule has 2 aromatic heterocycles. The minimum Gasteiger partial charge on any atom is -0.381 e. The summed E-state index contributed by atoms with van der Waals surface area (Å²) in [4.78, 5) is 10.5. The van der Waals surface area contributed by atoms with E-state index in [0.717, 1.165) is 66.9 Å². The molecule has 7 nitrogen and oxygen atoms in total. The fraction of sp³-hybridized carbons (Fsp3) is 0.556. The Bertz CT molecular complexity index is 833. The van der Waals surface area contributed by atoms with Gasteiger partial charge in [0.2, 0.25) is 0 Å². The average Bonchev–Trinajstić information content (AvgIpc) is 3.21. The summed E-state index contributed by atoms with van der Waals surface area (Å²) in [6.07, 6.45) is 11.4. The molecule has 4 heterocycles. The van der Waals surface area contributed by atoms with E-state index in [0.29, 0.717) is 6.04 Å². The van der Waals surface area contributed by atoms with Crippen LogP contribution in [0, 0.1) is 0 Å². The Labute approximate surface area is 146 Å². The summed E-state index contributed by atoms with van der Waals surface area (Å²) in [6, 6.07) is 0.402. The van der Waals surface area contributed by atoms with Gasteiger partial charge in [0.05, 0.1) is 23.0 Å². The van der Waals surface area contributed by atoms with Crippen LogP contribution in [0.25, 0.3) is 16.7 Å². The van der Waals surface area contributed by atoms with Crippen molar-refractivity contribution in [1.29, 1.82) is 0 Å². The normalized spacial score (nSPS) is 22.7. The molecule has 0 atom stereocenters. The van der Waals surface area contributed by atoms with Crippen LogP contribution in [0.1, 0.15) is 37.7 Å². The van der Waals surface area contributed by atoms with Crippen LogP contribution in [-0.4, -0.2) is 39.6 Å². The molecule has 0 unspecified atom stereocenters. The van der Waals surface area contributed by atoms with Gasteiger partial charge in [-0.1, -0.05) is 0 Å². The molecular weight excluding hydrogens is 318 g/mol. The van der Waals surface area contributed by atoms with E-state index in [-0.39, 0.29) is 5.60 Å². The average molecular weight is 341 g/mol. The number of hydrogen-bond acceptors (Lipinski definition) is 6. The molecule has 5 rings (SSSR count).